The first kappa shape index (κ1) is 16.4. The topological polar surface area (TPSA) is 46.3 Å². The van der Waals surface area contributed by atoms with Gasteiger partial charge in [0.1, 0.15) is 5.52 Å². The molecule has 1 aromatic heterocycles. The van der Waals surface area contributed by atoms with Gasteiger partial charge in [0, 0.05) is 29.2 Å². The van der Waals surface area contributed by atoms with E-state index in [4.69, 9.17) is 27.6 Å². The maximum atomic E-state index is 12.7. The standard InChI is InChI=1S/C19H16Cl2N2O2/c20-14-10-15(21)17-16(11-14)22-18(25-17)12-5-4-6-13(9-12)19(24)23-7-2-1-3-8-23/h4-6,9-11H,1-3,7-8H2. The monoisotopic (exact) mass is 374 g/mol. The lowest BCUT2D eigenvalue weighted by molar-refractivity contribution is 0.0724. The molecule has 1 saturated heterocycles. The van der Waals surface area contributed by atoms with Crippen molar-refractivity contribution in [1.82, 2.24) is 9.88 Å². The minimum absolute atomic E-state index is 0.0544. The van der Waals surface area contributed by atoms with Gasteiger partial charge in [0.15, 0.2) is 5.58 Å². The Morgan fingerprint density at radius 1 is 1.08 bits per heavy atom. The van der Waals surface area contributed by atoms with E-state index in [0.717, 1.165) is 31.5 Å². The van der Waals surface area contributed by atoms with Crippen LogP contribution in [-0.2, 0) is 0 Å². The van der Waals surface area contributed by atoms with Crippen LogP contribution in [0.15, 0.2) is 40.8 Å². The van der Waals surface area contributed by atoms with Crippen LogP contribution < -0.4 is 0 Å². The van der Waals surface area contributed by atoms with Gasteiger partial charge >= 0.3 is 0 Å². The second-order valence-electron chi connectivity index (χ2n) is 6.19. The molecule has 0 saturated carbocycles. The first-order valence-electron chi connectivity index (χ1n) is 8.27. The van der Waals surface area contributed by atoms with Crippen molar-refractivity contribution in [3.63, 3.8) is 0 Å². The summed E-state index contributed by atoms with van der Waals surface area (Å²) in [5, 5.41) is 0.924. The molecule has 0 unspecified atom stereocenters. The van der Waals surface area contributed by atoms with E-state index in [0.29, 0.717) is 32.6 Å². The number of aromatic nitrogens is 1. The summed E-state index contributed by atoms with van der Waals surface area (Å²) < 4.78 is 5.79. The molecule has 2 aromatic carbocycles. The summed E-state index contributed by atoms with van der Waals surface area (Å²) in [6, 6.07) is 10.7. The average molecular weight is 375 g/mol. The fourth-order valence-electron chi connectivity index (χ4n) is 3.15. The highest BCUT2D eigenvalue weighted by Crippen LogP contribution is 2.32. The van der Waals surface area contributed by atoms with E-state index < -0.39 is 0 Å². The van der Waals surface area contributed by atoms with Crippen molar-refractivity contribution < 1.29 is 9.21 Å². The van der Waals surface area contributed by atoms with Crippen molar-refractivity contribution in [2.24, 2.45) is 0 Å². The summed E-state index contributed by atoms with van der Waals surface area (Å²) in [5.74, 6) is 0.478. The van der Waals surface area contributed by atoms with Crippen molar-refractivity contribution >= 4 is 40.2 Å². The molecule has 3 aromatic rings. The summed E-state index contributed by atoms with van der Waals surface area (Å²) >= 11 is 12.2. The Labute approximate surface area is 155 Å². The molecule has 1 amide bonds. The largest absolute Gasteiger partial charge is 0.435 e. The van der Waals surface area contributed by atoms with Gasteiger partial charge in [0.25, 0.3) is 5.91 Å². The highest BCUT2D eigenvalue weighted by atomic mass is 35.5. The number of fused-ring (bicyclic) bond motifs is 1. The zero-order valence-corrected chi connectivity index (χ0v) is 15.0. The summed E-state index contributed by atoms with van der Waals surface area (Å²) in [4.78, 5) is 19.1. The zero-order valence-electron chi connectivity index (χ0n) is 13.5. The van der Waals surface area contributed by atoms with Crippen LogP contribution in [0.25, 0.3) is 22.6 Å². The molecule has 4 nitrogen and oxygen atoms in total. The molecule has 0 N–H and O–H groups in total. The molecule has 25 heavy (non-hydrogen) atoms. The van der Waals surface area contributed by atoms with Crippen molar-refractivity contribution in [1.29, 1.82) is 0 Å². The first-order valence-corrected chi connectivity index (χ1v) is 9.03. The third-order valence-corrected chi connectivity index (χ3v) is 4.91. The number of benzene rings is 2. The number of nitrogens with zero attached hydrogens (tertiary/aromatic N) is 2. The average Bonchev–Trinajstić information content (AvgIpc) is 3.06. The molecule has 0 spiro atoms. The predicted octanol–water partition coefficient (Wildman–Crippen LogP) is 5.43. The third kappa shape index (κ3) is 3.24. The van der Waals surface area contributed by atoms with Gasteiger partial charge < -0.3 is 9.32 Å². The Morgan fingerprint density at radius 2 is 1.88 bits per heavy atom. The van der Waals surface area contributed by atoms with Gasteiger partial charge in [0.2, 0.25) is 5.89 Å². The summed E-state index contributed by atoms with van der Waals surface area (Å²) in [7, 11) is 0. The van der Waals surface area contributed by atoms with E-state index in [2.05, 4.69) is 4.98 Å². The van der Waals surface area contributed by atoms with Crippen molar-refractivity contribution in [3.8, 4) is 11.5 Å². The number of halogens is 2. The molecule has 6 heteroatoms. The van der Waals surface area contributed by atoms with Crippen molar-refractivity contribution in [2.75, 3.05) is 13.1 Å². The lowest BCUT2D eigenvalue weighted by Crippen LogP contribution is -2.35. The second kappa shape index (κ2) is 6.70. The van der Waals surface area contributed by atoms with Crippen LogP contribution in [0.4, 0.5) is 0 Å². The minimum atomic E-state index is 0.0544. The Hall–Kier alpha value is -2.04. The maximum absolute atomic E-state index is 12.7. The molecule has 0 atom stereocenters. The SMILES string of the molecule is O=C(c1cccc(-c2nc3cc(Cl)cc(Cl)c3o2)c1)N1CCCCC1. The smallest absolute Gasteiger partial charge is 0.253 e. The molecule has 0 aliphatic carbocycles. The maximum Gasteiger partial charge on any atom is 0.253 e. The summed E-state index contributed by atoms with van der Waals surface area (Å²) in [6.07, 6.45) is 3.32. The number of hydrogen-bond donors (Lipinski definition) is 0. The molecule has 1 aliphatic heterocycles. The van der Waals surface area contributed by atoms with Crippen LogP contribution in [-0.4, -0.2) is 28.9 Å². The Bertz CT molecular complexity index is 946. The number of rotatable bonds is 2. The van der Waals surface area contributed by atoms with Gasteiger partial charge in [-0.25, -0.2) is 4.98 Å². The van der Waals surface area contributed by atoms with Gasteiger partial charge in [-0.15, -0.1) is 0 Å². The van der Waals surface area contributed by atoms with E-state index in [1.54, 1.807) is 12.1 Å². The fourth-order valence-corrected chi connectivity index (χ4v) is 3.67. The lowest BCUT2D eigenvalue weighted by atomic mass is 10.1. The quantitative estimate of drug-likeness (QED) is 0.600. The predicted molar refractivity (Wildman–Crippen MR) is 99.2 cm³/mol. The van der Waals surface area contributed by atoms with E-state index in [1.807, 2.05) is 29.2 Å². The molecule has 2 heterocycles. The normalized spacial score (nSPS) is 14.9. The molecule has 0 bridgehead atoms. The fraction of sp³-hybridized carbons (Fsp3) is 0.263. The number of piperidine rings is 1. The second-order valence-corrected chi connectivity index (χ2v) is 7.03. The molecule has 0 radical (unpaired) electrons. The molecular weight excluding hydrogens is 359 g/mol. The first-order chi connectivity index (χ1) is 12.1. The number of likely N-dealkylation sites (tertiary alicyclic amines) is 1. The Balaban J connectivity index is 1.69. The zero-order chi connectivity index (χ0) is 17.4. The van der Waals surface area contributed by atoms with E-state index in [1.165, 1.54) is 6.42 Å². The van der Waals surface area contributed by atoms with Gasteiger partial charge in [-0.1, -0.05) is 29.3 Å². The van der Waals surface area contributed by atoms with Crippen LogP contribution >= 0.6 is 23.2 Å². The molecule has 128 valence electrons. The van der Waals surface area contributed by atoms with Gasteiger partial charge in [-0.3, -0.25) is 4.79 Å². The van der Waals surface area contributed by atoms with E-state index in [9.17, 15) is 4.79 Å². The van der Waals surface area contributed by atoms with E-state index >= 15 is 0 Å². The minimum Gasteiger partial charge on any atom is -0.435 e. The van der Waals surface area contributed by atoms with Crippen LogP contribution in [0.2, 0.25) is 10.0 Å². The Morgan fingerprint density at radius 3 is 2.68 bits per heavy atom. The molecular formula is C19H16Cl2N2O2. The Kier molecular flexibility index (Phi) is 4.40. The van der Waals surface area contributed by atoms with E-state index in [-0.39, 0.29) is 5.91 Å². The lowest BCUT2D eigenvalue weighted by Gasteiger charge is -2.26. The summed E-state index contributed by atoms with van der Waals surface area (Å²) in [5.41, 5.74) is 2.48. The number of oxazole rings is 1. The van der Waals surface area contributed by atoms with Crippen LogP contribution in [0.1, 0.15) is 29.6 Å². The number of carbonyl (C=O) groups excluding carboxylic acids is 1. The number of amides is 1. The third-order valence-electron chi connectivity index (χ3n) is 4.41. The number of carbonyl (C=O) groups is 1. The van der Waals surface area contributed by atoms with Crippen LogP contribution in [0.3, 0.4) is 0 Å². The number of hydrogen-bond acceptors (Lipinski definition) is 3. The highest BCUT2D eigenvalue weighted by molar-refractivity contribution is 6.38. The molecule has 1 aliphatic rings. The van der Waals surface area contributed by atoms with Crippen molar-refractivity contribution in [2.45, 2.75) is 19.3 Å². The highest BCUT2D eigenvalue weighted by Gasteiger charge is 2.19. The van der Waals surface area contributed by atoms with Crippen LogP contribution in [0, 0.1) is 0 Å². The van der Waals surface area contributed by atoms with Gasteiger partial charge in [0.05, 0.1) is 5.02 Å². The van der Waals surface area contributed by atoms with Gasteiger partial charge in [-0.05, 0) is 49.6 Å². The molecule has 4 rings (SSSR count). The van der Waals surface area contributed by atoms with Crippen molar-refractivity contribution in [3.05, 3.63) is 52.0 Å². The summed E-state index contributed by atoms with van der Waals surface area (Å²) in [6.45, 7) is 1.64. The van der Waals surface area contributed by atoms with Crippen LogP contribution in [0.5, 0.6) is 0 Å². The molecule has 1 fully saturated rings. The van der Waals surface area contributed by atoms with Gasteiger partial charge in [-0.2, -0.15) is 0 Å².